The average Bonchev–Trinajstić information content (AvgIpc) is 2.15. The van der Waals surface area contributed by atoms with Crippen LogP contribution in [0.15, 0.2) is 0 Å². The third-order valence-corrected chi connectivity index (χ3v) is 1.41. The van der Waals surface area contributed by atoms with Gasteiger partial charge in [0, 0.05) is 27.9 Å². The van der Waals surface area contributed by atoms with Crippen LogP contribution in [0.25, 0.3) is 0 Å². The largest absolute Gasteiger partial charge is 0.377 e. The number of urea groups is 1. The van der Waals surface area contributed by atoms with Crippen LogP contribution in [0, 0.1) is 0 Å². The van der Waals surface area contributed by atoms with Crippen LogP contribution in [-0.2, 0) is 14.2 Å². The molecule has 0 aromatic rings. The van der Waals surface area contributed by atoms with Gasteiger partial charge in [-0.25, -0.2) is 4.79 Å². The molecule has 78 valence electrons. The van der Waals surface area contributed by atoms with Crippen LogP contribution in [0.4, 0.5) is 4.79 Å². The quantitative estimate of drug-likeness (QED) is 0.595. The van der Waals surface area contributed by atoms with Crippen LogP contribution in [0.2, 0.25) is 0 Å². The topological polar surface area (TPSA) is 68.8 Å². The van der Waals surface area contributed by atoms with Crippen molar-refractivity contribution in [2.75, 3.05) is 27.9 Å². The summed E-state index contributed by atoms with van der Waals surface area (Å²) in [5, 5.41) is 4.88. The summed E-state index contributed by atoms with van der Waals surface area (Å²) in [6, 6.07) is -0.423. The molecule has 0 saturated carbocycles. The fourth-order valence-corrected chi connectivity index (χ4v) is 0.747. The minimum absolute atomic E-state index is 0.423. The number of amides is 2. The summed E-state index contributed by atoms with van der Waals surface area (Å²) in [7, 11) is 4.08. The number of carbonyl (C=O) groups excluding carboxylic acids is 1. The van der Waals surface area contributed by atoms with Gasteiger partial charge in [0.1, 0.15) is 0 Å². The summed E-state index contributed by atoms with van der Waals surface area (Å²) in [6.45, 7) is 2.31. The molecule has 0 atom stereocenters. The van der Waals surface area contributed by atoms with E-state index in [0.717, 1.165) is 0 Å². The Morgan fingerprint density at radius 1 is 1.23 bits per heavy atom. The maximum atomic E-state index is 11.1. The zero-order valence-corrected chi connectivity index (χ0v) is 8.34. The number of nitrogens with one attached hydrogen (secondary N) is 2. The number of methoxy groups -OCH3 is 3. The summed E-state index contributed by atoms with van der Waals surface area (Å²) in [5.74, 6) is 0. The first-order valence-corrected chi connectivity index (χ1v) is 3.85. The van der Waals surface area contributed by atoms with E-state index in [2.05, 4.69) is 10.6 Å². The Labute approximate surface area is 77.5 Å². The van der Waals surface area contributed by atoms with Crippen LogP contribution in [0.1, 0.15) is 6.92 Å². The first-order chi connectivity index (χ1) is 6.14. The van der Waals surface area contributed by atoms with E-state index < -0.39 is 12.1 Å². The molecule has 0 aromatic heterocycles. The van der Waals surface area contributed by atoms with Crippen molar-refractivity contribution in [3.8, 4) is 0 Å². The Kier molecular flexibility index (Phi) is 5.36. The summed E-state index contributed by atoms with van der Waals surface area (Å²) < 4.78 is 14.5. The van der Waals surface area contributed by atoms with Crippen LogP contribution in [0.3, 0.4) is 0 Å². The molecule has 0 spiro atoms. The Morgan fingerprint density at radius 2 is 1.69 bits per heavy atom. The zero-order chi connectivity index (χ0) is 10.3. The minimum Gasteiger partial charge on any atom is -0.338 e. The zero-order valence-electron chi connectivity index (χ0n) is 8.34. The molecule has 0 rings (SSSR count). The molecule has 0 bridgehead atoms. The molecular weight excluding hydrogens is 176 g/mol. The monoisotopic (exact) mass is 192 g/mol. The standard InChI is InChI=1S/C7H16N2O4/c1-5-8-6(10)9-7(11-2,12-3)13-4/h5H2,1-4H3,(H2,8,9,10). The molecule has 0 aromatic carbocycles. The first-order valence-electron chi connectivity index (χ1n) is 3.85. The van der Waals surface area contributed by atoms with Gasteiger partial charge in [0.05, 0.1) is 0 Å². The third-order valence-electron chi connectivity index (χ3n) is 1.41. The van der Waals surface area contributed by atoms with Gasteiger partial charge in [-0.2, -0.15) is 0 Å². The summed E-state index contributed by atoms with van der Waals surface area (Å²) in [6.07, 6.45) is -1.51. The second-order valence-corrected chi connectivity index (χ2v) is 2.15. The van der Waals surface area contributed by atoms with E-state index in [4.69, 9.17) is 14.2 Å². The fraction of sp³-hybridized carbons (Fsp3) is 0.857. The summed E-state index contributed by atoms with van der Waals surface area (Å²) in [5.41, 5.74) is 0. The highest BCUT2D eigenvalue weighted by Gasteiger charge is 2.31. The highest BCUT2D eigenvalue weighted by atomic mass is 16.9. The van der Waals surface area contributed by atoms with Gasteiger partial charge in [-0.05, 0) is 6.92 Å². The van der Waals surface area contributed by atoms with Gasteiger partial charge < -0.3 is 19.5 Å². The van der Waals surface area contributed by atoms with Crippen LogP contribution in [0.5, 0.6) is 0 Å². The molecule has 0 unspecified atom stereocenters. The van der Waals surface area contributed by atoms with Gasteiger partial charge in [-0.3, -0.25) is 5.32 Å². The van der Waals surface area contributed by atoms with E-state index in [1.54, 1.807) is 6.92 Å². The summed E-state index contributed by atoms with van der Waals surface area (Å²) in [4.78, 5) is 11.1. The normalized spacial score (nSPS) is 11.1. The summed E-state index contributed by atoms with van der Waals surface area (Å²) >= 11 is 0. The van der Waals surface area contributed by atoms with Crippen LogP contribution >= 0.6 is 0 Å². The van der Waals surface area contributed by atoms with E-state index in [1.807, 2.05) is 0 Å². The van der Waals surface area contributed by atoms with Crippen molar-refractivity contribution in [3.63, 3.8) is 0 Å². The van der Waals surface area contributed by atoms with Gasteiger partial charge in [0.15, 0.2) is 0 Å². The molecule has 6 nitrogen and oxygen atoms in total. The molecule has 0 fully saturated rings. The van der Waals surface area contributed by atoms with E-state index in [1.165, 1.54) is 21.3 Å². The molecular formula is C7H16N2O4. The Morgan fingerprint density at radius 3 is 2.00 bits per heavy atom. The lowest BCUT2D eigenvalue weighted by Crippen LogP contribution is -2.55. The lowest BCUT2D eigenvalue weighted by atomic mass is 10.7. The SMILES string of the molecule is CCNC(=O)NC(OC)(OC)OC. The third kappa shape index (κ3) is 3.58. The molecule has 2 amide bonds. The predicted molar refractivity (Wildman–Crippen MR) is 46.0 cm³/mol. The van der Waals surface area contributed by atoms with Crippen molar-refractivity contribution >= 4 is 6.03 Å². The maximum Gasteiger partial charge on any atom is 0.377 e. The van der Waals surface area contributed by atoms with E-state index in [9.17, 15) is 4.79 Å². The Balaban J connectivity index is 4.16. The Bertz CT molecular complexity index is 150. The van der Waals surface area contributed by atoms with E-state index >= 15 is 0 Å². The molecule has 2 N–H and O–H groups in total. The van der Waals surface area contributed by atoms with Crippen molar-refractivity contribution in [1.29, 1.82) is 0 Å². The van der Waals surface area contributed by atoms with Crippen LogP contribution in [-0.4, -0.2) is 40.0 Å². The number of rotatable bonds is 5. The van der Waals surface area contributed by atoms with Gasteiger partial charge in [-0.1, -0.05) is 0 Å². The molecule has 0 radical (unpaired) electrons. The highest BCUT2D eigenvalue weighted by Crippen LogP contribution is 2.06. The lowest BCUT2D eigenvalue weighted by molar-refractivity contribution is -0.362. The van der Waals surface area contributed by atoms with E-state index in [0.29, 0.717) is 6.54 Å². The van der Waals surface area contributed by atoms with Gasteiger partial charge in [-0.15, -0.1) is 0 Å². The lowest BCUT2D eigenvalue weighted by Gasteiger charge is -2.28. The van der Waals surface area contributed by atoms with Crippen molar-refractivity contribution < 1.29 is 19.0 Å². The number of hydrogen-bond donors (Lipinski definition) is 2. The van der Waals surface area contributed by atoms with Gasteiger partial charge in [0.2, 0.25) is 0 Å². The molecule has 13 heavy (non-hydrogen) atoms. The second-order valence-electron chi connectivity index (χ2n) is 2.15. The predicted octanol–water partition coefficient (Wildman–Crippen LogP) is -0.144. The molecule has 0 aliphatic rings. The molecule has 6 heteroatoms. The minimum atomic E-state index is -1.51. The second kappa shape index (κ2) is 5.74. The fourth-order valence-electron chi connectivity index (χ4n) is 0.747. The molecule has 0 aliphatic carbocycles. The number of ether oxygens (including phenoxy) is 3. The average molecular weight is 192 g/mol. The van der Waals surface area contributed by atoms with Crippen molar-refractivity contribution in [3.05, 3.63) is 0 Å². The molecule has 0 aliphatic heterocycles. The smallest absolute Gasteiger partial charge is 0.338 e. The van der Waals surface area contributed by atoms with Gasteiger partial charge >= 0.3 is 12.1 Å². The van der Waals surface area contributed by atoms with Crippen LogP contribution < -0.4 is 10.6 Å². The van der Waals surface area contributed by atoms with Crippen molar-refractivity contribution in [2.24, 2.45) is 0 Å². The highest BCUT2D eigenvalue weighted by molar-refractivity contribution is 5.74. The van der Waals surface area contributed by atoms with Crippen molar-refractivity contribution in [1.82, 2.24) is 10.6 Å². The molecule has 0 heterocycles. The maximum absolute atomic E-state index is 11.1. The van der Waals surface area contributed by atoms with Crippen molar-refractivity contribution in [2.45, 2.75) is 13.0 Å². The first kappa shape index (κ1) is 12.2. The van der Waals surface area contributed by atoms with E-state index in [-0.39, 0.29) is 0 Å². The Hall–Kier alpha value is -0.850. The number of hydrogen-bond acceptors (Lipinski definition) is 4. The number of carbonyl (C=O) groups is 1. The molecule has 0 saturated heterocycles. The van der Waals surface area contributed by atoms with Gasteiger partial charge in [0.25, 0.3) is 0 Å².